The number of amides is 1. The molecule has 0 bridgehead atoms. The van der Waals surface area contributed by atoms with Crippen molar-refractivity contribution in [3.63, 3.8) is 0 Å². The van der Waals surface area contributed by atoms with E-state index >= 15 is 0 Å². The molecule has 5 heteroatoms. The molecule has 0 unspecified atom stereocenters. The van der Waals surface area contributed by atoms with E-state index in [0.717, 1.165) is 56.4 Å². The first kappa shape index (κ1) is 16.7. The number of aryl methyl sites for hydroxylation is 1. The summed E-state index contributed by atoms with van der Waals surface area (Å²) in [5.41, 5.74) is 2.71. The van der Waals surface area contributed by atoms with Gasteiger partial charge >= 0.3 is 0 Å². The van der Waals surface area contributed by atoms with Crippen LogP contribution in [0.3, 0.4) is 0 Å². The van der Waals surface area contributed by atoms with Crippen LogP contribution in [0.5, 0.6) is 0 Å². The highest BCUT2D eigenvalue weighted by molar-refractivity contribution is 7.14. The Bertz CT molecular complexity index is 735. The van der Waals surface area contributed by atoms with Crippen LogP contribution in [-0.2, 0) is 19.4 Å². The van der Waals surface area contributed by atoms with Gasteiger partial charge in [0.2, 0.25) is 0 Å². The lowest BCUT2D eigenvalue weighted by Crippen LogP contribution is -2.48. The Morgan fingerprint density at radius 3 is 2.76 bits per heavy atom. The first-order chi connectivity index (χ1) is 12.2. The van der Waals surface area contributed by atoms with Gasteiger partial charge in [-0.1, -0.05) is 6.92 Å². The van der Waals surface area contributed by atoms with E-state index in [0.29, 0.717) is 0 Å². The SMILES string of the molecule is C[C@H]1CCc2sc(C(=O)N3CCN(Cc4ccncc4)CC3)cc2C1. The Kier molecular flexibility index (Phi) is 4.86. The van der Waals surface area contributed by atoms with Crippen molar-refractivity contribution in [2.75, 3.05) is 26.2 Å². The van der Waals surface area contributed by atoms with Gasteiger partial charge in [-0.3, -0.25) is 14.7 Å². The highest BCUT2D eigenvalue weighted by Gasteiger charge is 2.26. The second kappa shape index (κ2) is 7.26. The fourth-order valence-corrected chi connectivity index (χ4v) is 5.00. The maximum atomic E-state index is 12.9. The normalized spacial score (nSPS) is 21.2. The van der Waals surface area contributed by atoms with Crippen molar-refractivity contribution in [1.82, 2.24) is 14.8 Å². The van der Waals surface area contributed by atoms with E-state index < -0.39 is 0 Å². The zero-order chi connectivity index (χ0) is 17.2. The number of hydrogen-bond donors (Lipinski definition) is 0. The van der Waals surface area contributed by atoms with Crippen LogP contribution in [0.4, 0.5) is 0 Å². The van der Waals surface area contributed by atoms with Gasteiger partial charge in [0, 0.05) is 50.0 Å². The zero-order valence-corrected chi connectivity index (χ0v) is 15.6. The van der Waals surface area contributed by atoms with Gasteiger partial charge in [0.15, 0.2) is 0 Å². The summed E-state index contributed by atoms with van der Waals surface area (Å²) in [6.45, 7) is 6.78. The summed E-state index contributed by atoms with van der Waals surface area (Å²) in [4.78, 5) is 23.8. The summed E-state index contributed by atoms with van der Waals surface area (Å²) in [6.07, 6.45) is 7.23. The third-order valence-electron chi connectivity index (χ3n) is 5.36. The second-order valence-corrected chi connectivity index (χ2v) is 8.47. The maximum absolute atomic E-state index is 12.9. The standard InChI is InChI=1S/C20H25N3OS/c1-15-2-3-18-17(12-15)13-19(25-18)20(24)23-10-8-22(9-11-23)14-16-4-6-21-7-5-16/h4-7,13,15H,2-3,8-12,14H2,1H3/t15-/m0/s1. The van der Waals surface area contributed by atoms with Crippen molar-refractivity contribution in [3.05, 3.63) is 51.5 Å². The van der Waals surface area contributed by atoms with Crippen LogP contribution in [0.25, 0.3) is 0 Å². The van der Waals surface area contributed by atoms with Gasteiger partial charge in [0.05, 0.1) is 4.88 Å². The summed E-state index contributed by atoms with van der Waals surface area (Å²) in [7, 11) is 0. The molecule has 1 saturated heterocycles. The van der Waals surface area contributed by atoms with E-state index in [1.54, 1.807) is 11.3 Å². The molecule has 1 aliphatic carbocycles. The average Bonchev–Trinajstić information content (AvgIpc) is 3.06. The molecule has 4 nitrogen and oxygen atoms in total. The minimum Gasteiger partial charge on any atom is -0.335 e. The second-order valence-electron chi connectivity index (χ2n) is 7.33. The molecule has 0 saturated carbocycles. The van der Waals surface area contributed by atoms with Crippen molar-refractivity contribution < 1.29 is 4.79 Å². The number of carbonyl (C=O) groups is 1. The smallest absolute Gasteiger partial charge is 0.264 e. The minimum absolute atomic E-state index is 0.232. The predicted octanol–water partition coefficient (Wildman–Crippen LogP) is 3.23. The van der Waals surface area contributed by atoms with Crippen molar-refractivity contribution in [2.45, 2.75) is 32.7 Å². The van der Waals surface area contributed by atoms with E-state index in [4.69, 9.17) is 0 Å². The maximum Gasteiger partial charge on any atom is 0.264 e. The molecule has 0 N–H and O–H groups in total. The largest absolute Gasteiger partial charge is 0.335 e. The number of thiophene rings is 1. The van der Waals surface area contributed by atoms with Gasteiger partial charge < -0.3 is 4.90 Å². The Morgan fingerprint density at radius 2 is 2.00 bits per heavy atom. The summed E-state index contributed by atoms with van der Waals surface area (Å²) in [6, 6.07) is 6.30. The van der Waals surface area contributed by atoms with Gasteiger partial charge in [-0.2, -0.15) is 0 Å². The molecule has 25 heavy (non-hydrogen) atoms. The van der Waals surface area contributed by atoms with Crippen LogP contribution in [0.1, 0.15) is 39.0 Å². The average molecular weight is 356 g/mol. The van der Waals surface area contributed by atoms with Gasteiger partial charge in [-0.15, -0.1) is 11.3 Å². The molecule has 2 aromatic rings. The molecule has 2 aromatic heterocycles. The monoisotopic (exact) mass is 355 g/mol. The summed E-state index contributed by atoms with van der Waals surface area (Å²) in [5.74, 6) is 0.984. The molecule has 1 amide bonds. The molecule has 1 atom stereocenters. The first-order valence-corrected chi connectivity index (χ1v) is 10.0. The number of rotatable bonds is 3. The summed E-state index contributed by atoms with van der Waals surface area (Å²) in [5, 5.41) is 0. The predicted molar refractivity (Wildman–Crippen MR) is 101 cm³/mol. The van der Waals surface area contributed by atoms with Crippen LogP contribution in [0.15, 0.2) is 30.6 Å². The molecular formula is C20H25N3OS. The third kappa shape index (κ3) is 3.77. The van der Waals surface area contributed by atoms with E-state index in [9.17, 15) is 4.79 Å². The van der Waals surface area contributed by atoms with Crippen molar-refractivity contribution in [3.8, 4) is 0 Å². The Balaban J connectivity index is 1.35. The number of hydrogen-bond acceptors (Lipinski definition) is 4. The molecule has 132 valence electrons. The highest BCUT2D eigenvalue weighted by atomic mass is 32.1. The van der Waals surface area contributed by atoms with Crippen LogP contribution >= 0.6 is 11.3 Å². The van der Waals surface area contributed by atoms with Crippen molar-refractivity contribution in [1.29, 1.82) is 0 Å². The zero-order valence-electron chi connectivity index (χ0n) is 14.8. The molecule has 1 aliphatic heterocycles. The molecule has 2 aliphatic rings. The van der Waals surface area contributed by atoms with Crippen molar-refractivity contribution in [2.24, 2.45) is 5.92 Å². The van der Waals surface area contributed by atoms with E-state index in [1.807, 2.05) is 17.3 Å². The van der Waals surface area contributed by atoms with Crippen LogP contribution in [-0.4, -0.2) is 46.9 Å². The van der Waals surface area contributed by atoms with Gasteiger partial charge in [0.25, 0.3) is 5.91 Å². The van der Waals surface area contributed by atoms with E-state index in [-0.39, 0.29) is 5.91 Å². The summed E-state index contributed by atoms with van der Waals surface area (Å²) >= 11 is 1.73. The lowest BCUT2D eigenvalue weighted by molar-refractivity contribution is 0.0633. The molecule has 0 radical (unpaired) electrons. The molecule has 0 spiro atoms. The lowest BCUT2D eigenvalue weighted by atomic mass is 9.90. The number of aromatic nitrogens is 1. The molecule has 0 aromatic carbocycles. The number of piperazine rings is 1. The topological polar surface area (TPSA) is 36.4 Å². The van der Waals surface area contributed by atoms with Crippen LogP contribution < -0.4 is 0 Å². The van der Waals surface area contributed by atoms with E-state index in [2.05, 4.69) is 35.0 Å². The number of nitrogens with zero attached hydrogens (tertiary/aromatic N) is 3. The first-order valence-electron chi connectivity index (χ1n) is 9.21. The molecule has 4 rings (SSSR count). The quantitative estimate of drug-likeness (QED) is 0.848. The number of carbonyl (C=O) groups excluding carboxylic acids is 1. The number of fused-ring (bicyclic) bond motifs is 1. The minimum atomic E-state index is 0.232. The summed E-state index contributed by atoms with van der Waals surface area (Å²) < 4.78 is 0. The number of pyridine rings is 1. The van der Waals surface area contributed by atoms with Crippen molar-refractivity contribution >= 4 is 17.2 Å². The van der Waals surface area contributed by atoms with Gasteiger partial charge in [-0.05, 0) is 54.5 Å². The third-order valence-corrected chi connectivity index (χ3v) is 6.58. The van der Waals surface area contributed by atoms with Crippen LogP contribution in [0.2, 0.25) is 0 Å². The van der Waals surface area contributed by atoms with E-state index in [1.165, 1.54) is 22.4 Å². The fraction of sp³-hybridized carbons (Fsp3) is 0.500. The fourth-order valence-electron chi connectivity index (χ4n) is 3.82. The van der Waals surface area contributed by atoms with Gasteiger partial charge in [0.1, 0.15) is 0 Å². The van der Waals surface area contributed by atoms with Crippen LogP contribution in [0, 0.1) is 5.92 Å². The van der Waals surface area contributed by atoms with Gasteiger partial charge in [-0.25, -0.2) is 0 Å². The Labute approximate surface area is 153 Å². The Morgan fingerprint density at radius 1 is 1.24 bits per heavy atom. The lowest BCUT2D eigenvalue weighted by Gasteiger charge is -2.34. The molecule has 3 heterocycles. The molecular weight excluding hydrogens is 330 g/mol. The highest BCUT2D eigenvalue weighted by Crippen LogP contribution is 2.32. The Hall–Kier alpha value is -1.72. The molecule has 1 fully saturated rings.